The van der Waals surface area contributed by atoms with Gasteiger partial charge < -0.3 is 19.5 Å². The smallest absolute Gasteiger partial charge is 0.331 e. The molecule has 1 aliphatic rings. The fraction of sp³-hybridized carbons (Fsp3) is 0.364. The van der Waals surface area contributed by atoms with Crippen molar-refractivity contribution in [3.05, 3.63) is 57.1 Å². The van der Waals surface area contributed by atoms with Gasteiger partial charge in [0.05, 0.1) is 19.1 Å². The molecule has 0 aliphatic heterocycles. The molecule has 2 aromatic rings. The van der Waals surface area contributed by atoms with E-state index in [-0.39, 0.29) is 33.5 Å². The topological polar surface area (TPSA) is 117 Å². The van der Waals surface area contributed by atoms with Crippen molar-refractivity contribution in [2.45, 2.75) is 37.6 Å². The van der Waals surface area contributed by atoms with Crippen LogP contribution >= 0.6 is 11.6 Å². The van der Waals surface area contributed by atoms with Crippen molar-refractivity contribution in [2.75, 3.05) is 14.2 Å². The van der Waals surface area contributed by atoms with Gasteiger partial charge in [0, 0.05) is 16.7 Å². The number of ether oxygens (including phenoxy) is 3. The summed E-state index contributed by atoms with van der Waals surface area (Å²) in [7, 11) is 2.69. The summed E-state index contributed by atoms with van der Waals surface area (Å²) in [6, 6.07) is 8.43. The molecule has 0 heterocycles. The number of hydrogen-bond donors (Lipinski definition) is 1. The predicted octanol–water partition coefficient (Wildman–Crippen LogP) is 4.65. The zero-order valence-electron chi connectivity index (χ0n) is 17.7. The van der Waals surface area contributed by atoms with Gasteiger partial charge in [0.15, 0.2) is 11.5 Å². The lowest BCUT2D eigenvalue weighted by atomic mass is 9.81. The van der Waals surface area contributed by atoms with Crippen molar-refractivity contribution in [1.82, 2.24) is 5.32 Å². The summed E-state index contributed by atoms with van der Waals surface area (Å²) in [5, 5.41) is 14.3. The largest absolute Gasteiger partial charge is 0.493 e. The summed E-state index contributed by atoms with van der Waals surface area (Å²) in [5.74, 6) is -0.582. The van der Waals surface area contributed by atoms with E-state index in [1.807, 2.05) is 0 Å². The third-order valence-electron chi connectivity index (χ3n) is 5.40. The quantitative estimate of drug-likeness (QED) is 0.361. The number of carbonyl (C=O) groups is 2. The van der Waals surface area contributed by atoms with Crippen LogP contribution in [0, 0.1) is 10.1 Å². The first-order valence-corrected chi connectivity index (χ1v) is 10.4. The van der Waals surface area contributed by atoms with E-state index in [4.69, 9.17) is 25.8 Å². The number of carbonyl (C=O) groups excluding carboxylic acids is 2. The lowest BCUT2D eigenvalue weighted by molar-refractivity contribution is -0.385. The third-order valence-corrected chi connectivity index (χ3v) is 5.63. The van der Waals surface area contributed by atoms with Crippen LogP contribution in [0.4, 0.5) is 5.69 Å². The standard InChI is InChI=1S/C22H23ClN2O7/c1-30-19-12-14(20(26)24-22(21(27)31-2)10-4-3-5-11-22)6-8-18(19)32-17-9-7-15(23)13-16(17)25(28)29/h6-9,12-13H,3-5,10-11H2,1-2H3,(H,24,26). The maximum absolute atomic E-state index is 12.9. The zero-order valence-corrected chi connectivity index (χ0v) is 18.4. The Bertz CT molecular complexity index is 1030. The molecule has 2 aromatic carbocycles. The average molecular weight is 463 g/mol. The maximum Gasteiger partial charge on any atom is 0.331 e. The SMILES string of the molecule is COC(=O)C1(NC(=O)c2ccc(Oc3ccc(Cl)cc3[N+](=O)[O-])c(OC)c2)CCCCC1. The molecular weight excluding hydrogens is 440 g/mol. The first kappa shape index (κ1) is 23.3. The van der Waals surface area contributed by atoms with Gasteiger partial charge in [-0.2, -0.15) is 0 Å². The van der Waals surface area contributed by atoms with E-state index in [0.717, 1.165) is 19.3 Å². The number of hydrogen-bond acceptors (Lipinski definition) is 7. The Balaban J connectivity index is 1.86. The van der Waals surface area contributed by atoms with Gasteiger partial charge in [0.1, 0.15) is 5.54 Å². The number of nitro benzene ring substituents is 1. The minimum atomic E-state index is -1.06. The van der Waals surface area contributed by atoms with Gasteiger partial charge in [-0.25, -0.2) is 4.79 Å². The summed E-state index contributed by atoms with van der Waals surface area (Å²) in [6.07, 6.45) is 3.62. The molecule has 0 radical (unpaired) electrons. The average Bonchev–Trinajstić information content (AvgIpc) is 2.80. The first-order valence-electron chi connectivity index (χ1n) is 10.0. The summed E-state index contributed by atoms with van der Waals surface area (Å²) in [6.45, 7) is 0. The molecule has 1 saturated carbocycles. The number of rotatable bonds is 7. The Hall–Kier alpha value is -3.33. The van der Waals surface area contributed by atoms with Gasteiger partial charge in [-0.3, -0.25) is 14.9 Å². The first-order chi connectivity index (χ1) is 15.3. The molecule has 170 valence electrons. The number of amides is 1. The lowest BCUT2D eigenvalue weighted by Crippen LogP contribution is -2.56. The van der Waals surface area contributed by atoms with Crippen molar-refractivity contribution in [2.24, 2.45) is 0 Å². The number of benzene rings is 2. The normalized spacial score (nSPS) is 14.8. The van der Waals surface area contributed by atoms with Crippen LogP contribution in [-0.2, 0) is 9.53 Å². The van der Waals surface area contributed by atoms with E-state index in [0.29, 0.717) is 12.8 Å². The Morgan fingerprint density at radius 1 is 1.03 bits per heavy atom. The van der Waals surface area contributed by atoms with Gasteiger partial charge in [0.2, 0.25) is 5.75 Å². The van der Waals surface area contributed by atoms with Crippen LogP contribution in [0.1, 0.15) is 42.5 Å². The van der Waals surface area contributed by atoms with E-state index in [1.54, 1.807) is 0 Å². The molecule has 0 bridgehead atoms. The van der Waals surface area contributed by atoms with Crippen LogP contribution in [0.25, 0.3) is 0 Å². The van der Waals surface area contributed by atoms with E-state index in [9.17, 15) is 19.7 Å². The molecule has 1 amide bonds. The molecule has 0 unspecified atom stereocenters. The second-order valence-corrected chi connectivity index (χ2v) is 7.86. The second kappa shape index (κ2) is 9.86. The predicted molar refractivity (Wildman–Crippen MR) is 116 cm³/mol. The van der Waals surface area contributed by atoms with Gasteiger partial charge in [0.25, 0.3) is 5.91 Å². The summed E-state index contributed by atoms with van der Waals surface area (Å²) in [5.41, 5.74) is -1.12. The number of halogens is 1. The van der Waals surface area contributed by atoms with Crippen molar-refractivity contribution < 1.29 is 28.7 Å². The minimum absolute atomic E-state index is 0.0262. The summed E-state index contributed by atoms with van der Waals surface area (Å²) < 4.78 is 15.9. The molecule has 0 atom stereocenters. The Morgan fingerprint density at radius 2 is 1.72 bits per heavy atom. The fourth-order valence-electron chi connectivity index (χ4n) is 3.75. The Labute approximate surface area is 189 Å². The van der Waals surface area contributed by atoms with Crippen LogP contribution in [0.15, 0.2) is 36.4 Å². The monoisotopic (exact) mass is 462 g/mol. The van der Waals surface area contributed by atoms with Crippen molar-refractivity contribution in [1.29, 1.82) is 0 Å². The highest BCUT2D eigenvalue weighted by molar-refractivity contribution is 6.30. The molecule has 1 fully saturated rings. The van der Waals surface area contributed by atoms with Crippen LogP contribution in [0.3, 0.4) is 0 Å². The Morgan fingerprint density at radius 3 is 2.34 bits per heavy atom. The number of esters is 1. The number of nitrogens with zero attached hydrogens (tertiary/aromatic N) is 1. The van der Waals surface area contributed by atoms with Crippen LogP contribution < -0.4 is 14.8 Å². The van der Waals surface area contributed by atoms with E-state index in [1.165, 1.54) is 50.6 Å². The van der Waals surface area contributed by atoms with Crippen LogP contribution in [-0.4, -0.2) is 36.6 Å². The van der Waals surface area contributed by atoms with Crippen molar-refractivity contribution in [3.63, 3.8) is 0 Å². The second-order valence-electron chi connectivity index (χ2n) is 7.43. The molecule has 1 aliphatic carbocycles. The molecule has 0 spiro atoms. The van der Waals surface area contributed by atoms with Gasteiger partial charge in [-0.15, -0.1) is 0 Å². The van der Waals surface area contributed by atoms with Crippen LogP contribution in [0.2, 0.25) is 5.02 Å². The van der Waals surface area contributed by atoms with Crippen LogP contribution in [0.5, 0.6) is 17.2 Å². The van der Waals surface area contributed by atoms with Gasteiger partial charge in [-0.1, -0.05) is 30.9 Å². The summed E-state index contributed by atoms with van der Waals surface area (Å²) >= 11 is 5.84. The van der Waals surface area contributed by atoms with Gasteiger partial charge in [-0.05, 0) is 43.2 Å². The Kier molecular flexibility index (Phi) is 7.19. The van der Waals surface area contributed by atoms with E-state index >= 15 is 0 Å². The highest BCUT2D eigenvalue weighted by atomic mass is 35.5. The van der Waals surface area contributed by atoms with Gasteiger partial charge >= 0.3 is 11.7 Å². The third kappa shape index (κ3) is 4.94. The lowest BCUT2D eigenvalue weighted by Gasteiger charge is -2.35. The molecule has 9 nitrogen and oxygen atoms in total. The molecule has 1 N–H and O–H groups in total. The molecule has 0 aromatic heterocycles. The summed E-state index contributed by atoms with van der Waals surface area (Å²) in [4.78, 5) is 36.0. The highest BCUT2D eigenvalue weighted by Gasteiger charge is 2.42. The highest BCUT2D eigenvalue weighted by Crippen LogP contribution is 2.38. The maximum atomic E-state index is 12.9. The molecule has 0 saturated heterocycles. The molecule has 32 heavy (non-hydrogen) atoms. The van der Waals surface area contributed by atoms with Crippen molar-refractivity contribution in [3.8, 4) is 17.2 Å². The number of nitro groups is 1. The minimum Gasteiger partial charge on any atom is -0.493 e. The molecular formula is C22H23ClN2O7. The van der Waals surface area contributed by atoms with E-state index < -0.39 is 22.3 Å². The zero-order chi connectivity index (χ0) is 23.3. The molecule has 10 heteroatoms. The molecule has 3 rings (SSSR count). The van der Waals surface area contributed by atoms with E-state index in [2.05, 4.69) is 5.32 Å². The fourth-order valence-corrected chi connectivity index (χ4v) is 3.92. The van der Waals surface area contributed by atoms with Crippen molar-refractivity contribution >= 4 is 29.2 Å². The number of nitrogens with one attached hydrogen (secondary N) is 1. The number of methoxy groups -OCH3 is 2.